The zero-order valence-electron chi connectivity index (χ0n) is 18.5. The number of rotatable bonds is 2. The van der Waals surface area contributed by atoms with E-state index in [0.717, 1.165) is 46.3 Å². The quantitative estimate of drug-likeness (QED) is 0.453. The van der Waals surface area contributed by atoms with Gasteiger partial charge in [-0.15, -0.1) is 0 Å². The van der Waals surface area contributed by atoms with E-state index in [1.165, 1.54) is 51.4 Å². The molecule has 2 saturated heterocycles. The molecule has 2 heterocycles. The van der Waals surface area contributed by atoms with E-state index in [-0.39, 0.29) is 15.8 Å². The maximum atomic E-state index is 2.64. The van der Waals surface area contributed by atoms with Crippen molar-refractivity contribution in [2.45, 2.75) is 102 Å². The van der Waals surface area contributed by atoms with E-state index in [1.54, 1.807) is 0 Å². The summed E-state index contributed by atoms with van der Waals surface area (Å²) in [5, 5.41) is 3.71. The third-order valence-corrected chi connectivity index (χ3v) is 16.5. The highest BCUT2D eigenvalue weighted by Crippen LogP contribution is 2.66. The molecule has 0 spiro atoms. The standard InChI is InChI=1S/C26H40P2/c1-17-21-11-5-6-12-22(21)18(2)27(17)25-15-9-10-16-26(25)28-19(3)23-13-7-8-14-24(23)20(28)4/h9-10,15-24H,5-8,11-14H2,1-4H3/t17-,18-,19-,20-,21-,22-,23-,24-/m1/s1. The van der Waals surface area contributed by atoms with Gasteiger partial charge < -0.3 is 0 Å². The molecule has 2 aliphatic carbocycles. The predicted octanol–water partition coefficient (Wildman–Crippen LogP) is 7.10. The Morgan fingerprint density at radius 3 is 1.11 bits per heavy atom. The van der Waals surface area contributed by atoms with Crippen LogP contribution in [0.3, 0.4) is 0 Å². The van der Waals surface area contributed by atoms with Gasteiger partial charge in [-0.3, -0.25) is 0 Å². The molecule has 1 aromatic carbocycles. The Kier molecular flexibility index (Phi) is 5.69. The van der Waals surface area contributed by atoms with Crippen LogP contribution in [-0.4, -0.2) is 22.6 Å². The second-order valence-electron chi connectivity index (χ2n) is 10.5. The smallest absolute Gasteiger partial charge is 0.0158 e. The highest BCUT2D eigenvalue weighted by molar-refractivity contribution is 7.73. The van der Waals surface area contributed by atoms with E-state index in [4.69, 9.17) is 0 Å². The van der Waals surface area contributed by atoms with Crippen LogP contribution in [0.15, 0.2) is 24.3 Å². The monoisotopic (exact) mass is 414 g/mol. The normalized spacial score (nSPS) is 44.4. The molecule has 4 fully saturated rings. The lowest BCUT2D eigenvalue weighted by molar-refractivity contribution is 0.254. The van der Waals surface area contributed by atoms with Gasteiger partial charge >= 0.3 is 0 Å². The van der Waals surface area contributed by atoms with E-state index in [9.17, 15) is 0 Å². The van der Waals surface area contributed by atoms with Crippen molar-refractivity contribution in [2.24, 2.45) is 23.7 Å². The zero-order valence-corrected chi connectivity index (χ0v) is 20.3. The molecule has 2 saturated carbocycles. The second kappa shape index (κ2) is 7.97. The first-order valence-electron chi connectivity index (χ1n) is 12.2. The Labute approximate surface area is 176 Å². The third kappa shape index (κ3) is 3.07. The van der Waals surface area contributed by atoms with Gasteiger partial charge in [0, 0.05) is 0 Å². The summed E-state index contributed by atoms with van der Waals surface area (Å²) in [5.41, 5.74) is 3.78. The highest BCUT2D eigenvalue weighted by atomic mass is 31.1. The van der Waals surface area contributed by atoms with E-state index in [2.05, 4.69) is 52.0 Å². The fourth-order valence-electron chi connectivity index (χ4n) is 8.12. The van der Waals surface area contributed by atoms with Crippen LogP contribution in [-0.2, 0) is 0 Å². The van der Waals surface area contributed by atoms with Crippen LogP contribution < -0.4 is 10.6 Å². The molecule has 0 amide bonds. The molecule has 5 rings (SSSR count). The molecule has 0 aromatic heterocycles. The van der Waals surface area contributed by atoms with Crippen molar-refractivity contribution in [3.63, 3.8) is 0 Å². The Balaban J connectivity index is 1.51. The van der Waals surface area contributed by atoms with Crippen LogP contribution in [0, 0.1) is 23.7 Å². The fourth-order valence-corrected chi connectivity index (χ4v) is 16.4. The highest BCUT2D eigenvalue weighted by Gasteiger charge is 2.50. The lowest BCUT2D eigenvalue weighted by Gasteiger charge is -2.31. The lowest BCUT2D eigenvalue weighted by atomic mass is 9.77. The van der Waals surface area contributed by atoms with Gasteiger partial charge in [0.15, 0.2) is 0 Å². The summed E-state index contributed by atoms with van der Waals surface area (Å²) in [4.78, 5) is 0. The van der Waals surface area contributed by atoms with Gasteiger partial charge in [0.05, 0.1) is 0 Å². The summed E-state index contributed by atoms with van der Waals surface area (Å²) >= 11 is 0. The molecule has 2 heteroatoms. The summed E-state index contributed by atoms with van der Waals surface area (Å²) in [6.45, 7) is 10.6. The van der Waals surface area contributed by atoms with Crippen LogP contribution in [0.5, 0.6) is 0 Å². The Bertz CT molecular complexity index is 604. The predicted molar refractivity (Wildman–Crippen MR) is 128 cm³/mol. The SMILES string of the molecule is C[C@@H]1[C@H]2CCCC[C@@H]2[C@@H](C)P1c1ccccc1P1[C@H](C)[C@H]2CCCC[C@@H]2[C@H]1C. The summed E-state index contributed by atoms with van der Waals surface area (Å²) in [6.07, 6.45) is 12.0. The first kappa shape index (κ1) is 20.0. The van der Waals surface area contributed by atoms with Crippen LogP contribution in [0.1, 0.15) is 79.1 Å². The van der Waals surface area contributed by atoms with E-state index in [1.807, 2.05) is 10.6 Å². The van der Waals surface area contributed by atoms with E-state index in [0.29, 0.717) is 0 Å². The average Bonchev–Trinajstić information content (AvgIpc) is 3.13. The Morgan fingerprint density at radius 1 is 0.536 bits per heavy atom. The lowest BCUT2D eigenvalue weighted by Crippen LogP contribution is -2.29. The number of fused-ring (bicyclic) bond motifs is 2. The molecule has 2 aliphatic heterocycles. The Hall–Kier alpha value is 0.0800. The van der Waals surface area contributed by atoms with Gasteiger partial charge in [0.25, 0.3) is 0 Å². The van der Waals surface area contributed by atoms with Crippen molar-refractivity contribution in [3.05, 3.63) is 24.3 Å². The minimum absolute atomic E-state index is 0.00683. The summed E-state index contributed by atoms with van der Waals surface area (Å²) in [7, 11) is 0.0137. The maximum absolute atomic E-state index is 2.64. The van der Waals surface area contributed by atoms with Crippen molar-refractivity contribution in [3.8, 4) is 0 Å². The molecule has 154 valence electrons. The molecule has 0 radical (unpaired) electrons. The molecular weight excluding hydrogens is 374 g/mol. The van der Waals surface area contributed by atoms with Crippen LogP contribution in [0.2, 0.25) is 0 Å². The number of hydrogen-bond donors (Lipinski definition) is 0. The molecule has 1 aromatic rings. The molecule has 0 nitrogen and oxygen atoms in total. The van der Waals surface area contributed by atoms with E-state index < -0.39 is 0 Å². The Morgan fingerprint density at radius 2 is 0.821 bits per heavy atom. The molecule has 0 N–H and O–H groups in total. The molecule has 8 atom stereocenters. The second-order valence-corrected chi connectivity index (χ2v) is 16.3. The first-order chi connectivity index (χ1) is 13.6. The van der Waals surface area contributed by atoms with Crippen LogP contribution in [0.4, 0.5) is 0 Å². The molecule has 0 bridgehead atoms. The van der Waals surface area contributed by atoms with Gasteiger partial charge in [-0.1, -0.05) is 93.5 Å². The first-order valence-corrected chi connectivity index (χ1v) is 15.2. The minimum Gasteiger partial charge on any atom is -0.0682 e. The molecule has 28 heavy (non-hydrogen) atoms. The summed E-state index contributed by atoms with van der Waals surface area (Å²) < 4.78 is 0. The number of hydrogen-bond acceptors (Lipinski definition) is 0. The third-order valence-electron chi connectivity index (χ3n) is 9.42. The van der Waals surface area contributed by atoms with Crippen LogP contribution in [0.25, 0.3) is 0 Å². The zero-order chi connectivity index (χ0) is 19.4. The number of benzene rings is 1. The van der Waals surface area contributed by atoms with Gasteiger partial charge in [0.2, 0.25) is 0 Å². The molecule has 4 aliphatic rings. The fraction of sp³-hybridized carbons (Fsp3) is 0.769. The van der Waals surface area contributed by atoms with Crippen molar-refractivity contribution in [1.82, 2.24) is 0 Å². The van der Waals surface area contributed by atoms with Crippen molar-refractivity contribution in [2.75, 3.05) is 0 Å². The van der Waals surface area contributed by atoms with Crippen molar-refractivity contribution in [1.29, 1.82) is 0 Å². The van der Waals surface area contributed by atoms with E-state index >= 15 is 0 Å². The van der Waals surface area contributed by atoms with Gasteiger partial charge in [0.1, 0.15) is 0 Å². The topological polar surface area (TPSA) is 0 Å². The van der Waals surface area contributed by atoms with Crippen LogP contribution >= 0.6 is 15.8 Å². The van der Waals surface area contributed by atoms with Gasteiger partial charge in [-0.2, -0.15) is 0 Å². The summed E-state index contributed by atoms with van der Waals surface area (Å²) in [5.74, 6) is 4.10. The largest absolute Gasteiger partial charge is 0.0682 e. The summed E-state index contributed by atoms with van der Waals surface area (Å²) in [6, 6.07) is 9.93. The van der Waals surface area contributed by atoms with Crippen molar-refractivity contribution < 1.29 is 0 Å². The average molecular weight is 415 g/mol. The van der Waals surface area contributed by atoms with Gasteiger partial charge in [-0.25, -0.2) is 0 Å². The minimum atomic E-state index is 0.00683. The maximum Gasteiger partial charge on any atom is -0.0158 e. The molecule has 0 unspecified atom stereocenters. The van der Waals surface area contributed by atoms with Crippen molar-refractivity contribution >= 4 is 26.5 Å². The molecular formula is C26H40P2. The van der Waals surface area contributed by atoms with Gasteiger partial charge in [-0.05, 0) is 82.6 Å².